The van der Waals surface area contributed by atoms with Gasteiger partial charge in [0.2, 0.25) is 5.91 Å². The zero-order valence-corrected chi connectivity index (χ0v) is 15.8. The third-order valence-electron chi connectivity index (χ3n) is 5.55. The molecule has 1 amide bonds. The molecule has 1 aliphatic rings. The average Bonchev–Trinajstić information content (AvgIpc) is 3.39. The van der Waals surface area contributed by atoms with Crippen molar-refractivity contribution in [3.8, 4) is 0 Å². The minimum Gasteiger partial charge on any atom is -0.361 e. The summed E-state index contributed by atoms with van der Waals surface area (Å²) in [7, 11) is 0. The van der Waals surface area contributed by atoms with E-state index in [-0.39, 0.29) is 5.91 Å². The topological polar surface area (TPSA) is 62.7 Å². The van der Waals surface area contributed by atoms with Crippen molar-refractivity contribution in [1.29, 1.82) is 0 Å². The summed E-state index contributed by atoms with van der Waals surface area (Å²) in [6, 6.07) is 16.4. The lowest BCUT2D eigenvalue weighted by Gasteiger charge is -2.09. The molecule has 2 aromatic heterocycles. The van der Waals surface area contributed by atoms with Crippen molar-refractivity contribution >= 4 is 27.8 Å². The summed E-state index contributed by atoms with van der Waals surface area (Å²) in [5.41, 5.74) is 4.51. The Bertz CT molecular complexity index is 1140. The van der Waals surface area contributed by atoms with Gasteiger partial charge in [-0.2, -0.15) is 0 Å². The molecule has 1 saturated carbocycles. The molecule has 0 bridgehead atoms. The molecule has 0 spiro atoms. The number of hydrogen-bond acceptors (Lipinski definition) is 2. The van der Waals surface area contributed by atoms with Crippen LogP contribution in [-0.2, 0) is 17.8 Å². The predicted octanol–water partition coefficient (Wildman–Crippen LogP) is 4.14. The van der Waals surface area contributed by atoms with Crippen molar-refractivity contribution in [3.05, 3.63) is 66.1 Å². The summed E-state index contributed by atoms with van der Waals surface area (Å²) < 4.78 is 2.10. The minimum absolute atomic E-state index is 0.0592. The van der Waals surface area contributed by atoms with Crippen LogP contribution in [0.1, 0.15) is 36.6 Å². The molecule has 28 heavy (non-hydrogen) atoms. The van der Waals surface area contributed by atoms with Crippen molar-refractivity contribution < 1.29 is 4.79 Å². The number of hydrogen-bond donors (Lipinski definition) is 2. The van der Waals surface area contributed by atoms with E-state index in [1.54, 1.807) is 0 Å². The molecule has 0 radical (unpaired) electrons. The fourth-order valence-electron chi connectivity index (χ4n) is 3.96. The summed E-state index contributed by atoms with van der Waals surface area (Å²) in [4.78, 5) is 20.6. The van der Waals surface area contributed by atoms with Gasteiger partial charge in [-0.1, -0.05) is 30.3 Å². The van der Waals surface area contributed by atoms with Gasteiger partial charge in [0.25, 0.3) is 0 Å². The van der Waals surface area contributed by atoms with Gasteiger partial charge in [0, 0.05) is 29.6 Å². The van der Waals surface area contributed by atoms with Gasteiger partial charge in [0.05, 0.1) is 11.0 Å². The molecule has 1 fully saturated rings. The van der Waals surface area contributed by atoms with E-state index >= 15 is 0 Å². The molecule has 0 atom stereocenters. The Morgan fingerprint density at radius 1 is 1.14 bits per heavy atom. The third kappa shape index (κ3) is 3.28. The van der Waals surface area contributed by atoms with Gasteiger partial charge in [-0.3, -0.25) is 4.79 Å². The first-order valence-corrected chi connectivity index (χ1v) is 10.1. The third-order valence-corrected chi connectivity index (χ3v) is 5.55. The van der Waals surface area contributed by atoms with E-state index in [9.17, 15) is 4.79 Å². The highest BCUT2D eigenvalue weighted by molar-refractivity contribution is 5.83. The molecule has 0 saturated heterocycles. The number of H-pyrrole nitrogens is 1. The molecule has 1 aliphatic carbocycles. The largest absolute Gasteiger partial charge is 0.361 e. The Balaban J connectivity index is 1.20. The number of aryl methyl sites for hydroxylation is 1. The number of imidazole rings is 1. The summed E-state index contributed by atoms with van der Waals surface area (Å²) in [6.07, 6.45) is 6.30. The van der Waals surface area contributed by atoms with Crippen LogP contribution in [0.25, 0.3) is 21.9 Å². The first-order valence-electron chi connectivity index (χ1n) is 10.1. The molecule has 5 nitrogen and oxygen atoms in total. The standard InChI is InChI=1S/C23H24N4O/c28-22(24-13-5-6-17-14-25-19-8-2-1-7-18(17)19)15-27-21-10-4-3-9-20(21)26-23(27)16-11-12-16/h1-4,7-10,14,16,25H,5-6,11-13,15H2,(H,24,28). The van der Waals surface area contributed by atoms with Gasteiger partial charge in [0.1, 0.15) is 12.4 Å². The lowest BCUT2D eigenvalue weighted by atomic mass is 10.1. The highest BCUT2D eigenvalue weighted by Crippen LogP contribution is 2.40. The van der Waals surface area contributed by atoms with Crippen LogP contribution in [-0.4, -0.2) is 27.0 Å². The summed E-state index contributed by atoms with van der Waals surface area (Å²) in [5, 5.41) is 4.36. The number of para-hydroxylation sites is 3. The summed E-state index contributed by atoms with van der Waals surface area (Å²) >= 11 is 0. The lowest BCUT2D eigenvalue weighted by Crippen LogP contribution is -2.29. The molecule has 142 valence electrons. The normalized spacial score (nSPS) is 14.0. The van der Waals surface area contributed by atoms with Crippen LogP contribution < -0.4 is 5.32 Å². The Hall–Kier alpha value is -3.08. The second-order valence-electron chi connectivity index (χ2n) is 7.63. The number of amides is 1. The predicted molar refractivity (Wildman–Crippen MR) is 111 cm³/mol. The van der Waals surface area contributed by atoms with Gasteiger partial charge in [-0.15, -0.1) is 0 Å². The Morgan fingerprint density at radius 2 is 1.96 bits per heavy atom. The van der Waals surface area contributed by atoms with Gasteiger partial charge in [0.15, 0.2) is 0 Å². The molecule has 0 aliphatic heterocycles. The van der Waals surface area contributed by atoms with E-state index in [2.05, 4.69) is 45.3 Å². The Labute approximate surface area is 163 Å². The second kappa shape index (κ2) is 7.15. The van der Waals surface area contributed by atoms with Crippen LogP contribution in [0.4, 0.5) is 0 Å². The maximum Gasteiger partial charge on any atom is 0.240 e. The van der Waals surface area contributed by atoms with Gasteiger partial charge < -0.3 is 14.9 Å². The number of nitrogens with one attached hydrogen (secondary N) is 2. The van der Waals surface area contributed by atoms with E-state index in [1.807, 2.05) is 24.3 Å². The fraction of sp³-hybridized carbons (Fsp3) is 0.304. The number of benzene rings is 2. The maximum absolute atomic E-state index is 12.6. The SMILES string of the molecule is O=C(Cn1c(C2CC2)nc2ccccc21)NCCCc1c[nH]c2ccccc12. The highest BCUT2D eigenvalue weighted by Gasteiger charge is 2.30. The van der Waals surface area contributed by atoms with Crippen LogP contribution in [0.3, 0.4) is 0 Å². The monoisotopic (exact) mass is 372 g/mol. The van der Waals surface area contributed by atoms with Crippen LogP contribution in [0.5, 0.6) is 0 Å². The van der Waals surface area contributed by atoms with Crippen molar-refractivity contribution in [2.24, 2.45) is 0 Å². The quantitative estimate of drug-likeness (QED) is 0.479. The zero-order valence-electron chi connectivity index (χ0n) is 15.8. The molecule has 2 heterocycles. The number of rotatable bonds is 7. The number of aromatic amines is 1. The molecule has 4 aromatic rings. The molecule has 2 N–H and O–H groups in total. The van der Waals surface area contributed by atoms with Crippen LogP contribution in [0.15, 0.2) is 54.7 Å². The number of aromatic nitrogens is 3. The minimum atomic E-state index is 0.0592. The van der Waals surface area contributed by atoms with E-state index in [0.717, 1.165) is 29.7 Å². The Kier molecular flexibility index (Phi) is 4.35. The fourth-order valence-corrected chi connectivity index (χ4v) is 3.96. The van der Waals surface area contributed by atoms with Crippen molar-refractivity contribution in [2.45, 2.75) is 38.1 Å². The van der Waals surface area contributed by atoms with E-state index in [4.69, 9.17) is 4.98 Å². The Morgan fingerprint density at radius 3 is 2.86 bits per heavy atom. The highest BCUT2D eigenvalue weighted by atomic mass is 16.1. The molecule has 2 aromatic carbocycles. The van der Waals surface area contributed by atoms with Crippen molar-refractivity contribution in [2.75, 3.05) is 6.54 Å². The van der Waals surface area contributed by atoms with Crippen LogP contribution >= 0.6 is 0 Å². The number of carbonyl (C=O) groups excluding carboxylic acids is 1. The molecular formula is C23H24N4O. The molecular weight excluding hydrogens is 348 g/mol. The van der Waals surface area contributed by atoms with E-state index < -0.39 is 0 Å². The molecule has 5 rings (SSSR count). The first-order chi connectivity index (χ1) is 13.8. The molecule has 0 unspecified atom stereocenters. The number of nitrogens with zero attached hydrogens (tertiary/aromatic N) is 2. The van der Waals surface area contributed by atoms with Crippen molar-refractivity contribution in [3.63, 3.8) is 0 Å². The second-order valence-corrected chi connectivity index (χ2v) is 7.63. The zero-order chi connectivity index (χ0) is 18.9. The number of fused-ring (bicyclic) bond motifs is 2. The lowest BCUT2D eigenvalue weighted by molar-refractivity contribution is -0.121. The summed E-state index contributed by atoms with van der Waals surface area (Å²) in [5.74, 6) is 1.64. The van der Waals surface area contributed by atoms with E-state index in [0.29, 0.717) is 19.0 Å². The van der Waals surface area contributed by atoms with E-state index in [1.165, 1.54) is 29.3 Å². The first kappa shape index (κ1) is 17.0. The van der Waals surface area contributed by atoms with Crippen LogP contribution in [0.2, 0.25) is 0 Å². The molecule has 5 heteroatoms. The number of carbonyl (C=O) groups is 1. The van der Waals surface area contributed by atoms with Gasteiger partial charge >= 0.3 is 0 Å². The maximum atomic E-state index is 12.6. The van der Waals surface area contributed by atoms with Gasteiger partial charge in [-0.05, 0) is 49.4 Å². The van der Waals surface area contributed by atoms with Crippen molar-refractivity contribution in [1.82, 2.24) is 19.9 Å². The van der Waals surface area contributed by atoms with Gasteiger partial charge in [-0.25, -0.2) is 4.98 Å². The summed E-state index contributed by atoms with van der Waals surface area (Å²) in [6.45, 7) is 1.03. The van der Waals surface area contributed by atoms with Crippen LogP contribution in [0, 0.1) is 0 Å². The average molecular weight is 372 g/mol. The smallest absolute Gasteiger partial charge is 0.240 e.